The molecule has 1 atom stereocenters. The summed E-state index contributed by atoms with van der Waals surface area (Å²) in [6, 6.07) is 8.02. The minimum absolute atomic E-state index is 0.674. The van der Waals surface area contributed by atoms with Gasteiger partial charge in [-0.2, -0.15) is 0 Å². The molecule has 1 unspecified atom stereocenters. The lowest BCUT2D eigenvalue weighted by molar-refractivity contribution is -0.112. The van der Waals surface area contributed by atoms with Crippen molar-refractivity contribution in [2.45, 2.75) is 25.3 Å². The first-order chi connectivity index (χ1) is 9.19. The number of hydrogen-bond donors (Lipinski definition) is 1. The van der Waals surface area contributed by atoms with Crippen molar-refractivity contribution in [3.05, 3.63) is 29.8 Å². The first kappa shape index (κ1) is 14.0. The van der Waals surface area contributed by atoms with Gasteiger partial charge in [0.25, 0.3) is 0 Å². The third kappa shape index (κ3) is 3.14. The summed E-state index contributed by atoms with van der Waals surface area (Å²) < 4.78 is 5.34. The van der Waals surface area contributed by atoms with E-state index < -0.39 is 5.54 Å². The first-order valence-electron chi connectivity index (χ1n) is 6.88. The minimum Gasteiger partial charge on any atom is -0.378 e. The summed E-state index contributed by atoms with van der Waals surface area (Å²) in [5.41, 5.74) is 7.36. The van der Waals surface area contributed by atoms with E-state index in [1.807, 2.05) is 31.2 Å². The standard InChI is InChI=1S/C15H22N2O2/c1-2-7-15(16,12-18)13-3-5-14(6-4-13)17-8-10-19-11-9-17/h3-6,12H,2,7-11,16H2,1H3. The summed E-state index contributed by atoms with van der Waals surface area (Å²) in [5, 5.41) is 0. The van der Waals surface area contributed by atoms with E-state index in [1.54, 1.807) is 0 Å². The summed E-state index contributed by atoms with van der Waals surface area (Å²) in [7, 11) is 0. The van der Waals surface area contributed by atoms with Gasteiger partial charge in [0.1, 0.15) is 6.29 Å². The van der Waals surface area contributed by atoms with Crippen LogP contribution in [0.4, 0.5) is 5.69 Å². The monoisotopic (exact) mass is 262 g/mol. The zero-order chi connectivity index (χ0) is 13.7. The average molecular weight is 262 g/mol. The fourth-order valence-corrected chi connectivity index (χ4v) is 2.49. The number of benzene rings is 1. The number of nitrogens with two attached hydrogens (primary N) is 1. The maximum atomic E-state index is 11.3. The van der Waals surface area contributed by atoms with Crippen molar-refractivity contribution in [2.75, 3.05) is 31.2 Å². The van der Waals surface area contributed by atoms with Gasteiger partial charge in [0.05, 0.1) is 18.8 Å². The van der Waals surface area contributed by atoms with Crippen LogP contribution in [0.25, 0.3) is 0 Å². The molecule has 1 aliphatic rings. The first-order valence-corrected chi connectivity index (χ1v) is 6.88. The topological polar surface area (TPSA) is 55.6 Å². The fraction of sp³-hybridized carbons (Fsp3) is 0.533. The summed E-state index contributed by atoms with van der Waals surface area (Å²) in [6.45, 7) is 5.40. The summed E-state index contributed by atoms with van der Waals surface area (Å²) in [4.78, 5) is 13.5. The average Bonchev–Trinajstić information content (AvgIpc) is 2.48. The van der Waals surface area contributed by atoms with Crippen molar-refractivity contribution in [3.8, 4) is 0 Å². The Morgan fingerprint density at radius 1 is 1.32 bits per heavy atom. The Labute approximate surface area is 114 Å². The van der Waals surface area contributed by atoms with Gasteiger partial charge < -0.3 is 20.2 Å². The second-order valence-electron chi connectivity index (χ2n) is 5.05. The predicted octanol–water partition coefficient (Wildman–Crippen LogP) is 1.68. The van der Waals surface area contributed by atoms with Gasteiger partial charge in [0.15, 0.2) is 0 Å². The molecule has 4 heteroatoms. The van der Waals surface area contributed by atoms with Gasteiger partial charge in [-0.05, 0) is 24.1 Å². The molecule has 0 spiro atoms. The quantitative estimate of drug-likeness (QED) is 0.820. The van der Waals surface area contributed by atoms with Crippen molar-refractivity contribution in [2.24, 2.45) is 5.73 Å². The van der Waals surface area contributed by atoms with Crippen LogP contribution < -0.4 is 10.6 Å². The van der Waals surface area contributed by atoms with Gasteiger partial charge in [0, 0.05) is 18.8 Å². The summed E-state index contributed by atoms with van der Waals surface area (Å²) in [6.07, 6.45) is 2.42. The molecular formula is C15H22N2O2. The molecule has 1 heterocycles. The Hall–Kier alpha value is -1.39. The largest absolute Gasteiger partial charge is 0.378 e. The van der Waals surface area contributed by atoms with E-state index in [0.29, 0.717) is 6.42 Å². The molecule has 4 nitrogen and oxygen atoms in total. The zero-order valence-corrected chi connectivity index (χ0v) is 11.5. The number of carbonyl (C=O) groups is 1. The molecule has 2 N–H and O–H groups in total. The molecule has 1 aromatic rings. The highest BCUT2D eigenvalue weighted by Gasteiger charge is 2.25. The van der Waals surface area contributed by atoms with Gasteiger partial charge in [-0.1, -0.05) is 25.5 Å². The van der Waals surface area contributed by atoms with E-state index >= 15 is 0 Å². The molecular weight excluding hydrogens is 240 g/mol. The van der Waals surface area contributed by atoms with Crippen LogP contribution in [-0.2, 0) is 15.1 Å². The third-order valence-electron chi connectivity index (χ3n) is 3.65. The van der Waals surface area contributed by atoms with E-state index in [2.05, 4.69) is 4.90 Å². The molecule has 0 aromatic heterocycles. The molecule has 0 aliphatic carbocycles. The normalized spacial score (nSPS) is 18.9. The Balaban J connectivity index is 2.15. The van der Waals surface area contributed by atoms with Gasteiger partial charge in [-0.15, -0.1) is 0 Å². The van der Waals surface area contributed by atoms with Crippen LogP contribution in [0.5, 0.6) is 0 Å². The number of rotatable bonds is 5. The van der Waals surface area contributed by atoms with Crippen LogP contribution in [0.3, 0.4) is 0 Å². The molecule has 0 amide bonds. The van der Waals surface area contributed by atoms with Crippen molar-refractivity contribution in [3.63, 3.8) is 0 Å². The van der Waals surface area contributed by atoms with E-state index in [-0.39, 0.29) is 0 Å². The maximum Gasteiger partial charge on any atom is 0.144 e. The van der Waals surface area contributed by atoms with Crippen LogP contribution in [0.2, 0.25) is 0 Å². The Bertz CT molecular complexity index is 413. The molecule has 104 valence electrons. The van der Waals surface area contributed by atoms with Gasteiger partial charge in [-0.25, -0.2) is 0 Å². The van der Waals surface area contributed by atoms with Crippen molar-refractivity contribution in [1.82, 2.24) is 0 Å². The molecule has 0 bridgehead atoms. The lowest BCUT2D eigenvalue weighted by atomic mass is 9.88. The van der Waals surface area contributed by atoms with Crippen molar-refractivity contribution in [1.29, 1.82) is 0 Å². The number of ether oxygens (including phenoxy) is 1. The second-order valence-corrected chi connectivity index (χ2v) is 5.05. The highest BCUT2D eigenvalue weighted by molar-refractivity contribution is 5.68. The molecule has 1 aromatic carbocycles. The van der Waals surface area contributed by atoms with E-state index in [1.165, 1.54) is 0 Å². The van der Waals surface area contributed by atoms with E-state index in [9.17, 15) is 4.79 Å². The molecule has 0 saturated carbocycles. The molecule has 1 aliphatic heterocycles. The summed E-state index contributed by atoms with van der Waals surface area (Å²) >= 11 is 0. The molecule has 2 rings (SSSR count). The van der Waals surface area contributed by atoms with Crippen LogP contribution in [0.15, 0.2) is 24.3 Å². The third-order valence-corrected chi connectivity index (χ3v) is 3.65. The zero-order valence-electron chi connectivity index (χ0n) is 11.5. The Morgan fingerprint density at radius 3 is 2.47 bits per heavy atom. The Morgan fingerprint density at radius 2 is 1.95 bits per heavy atom. The maximum absolute atomic E-state index is 11.3. The van der Waals surface area contributed by atoms with Crippen LogP contribution >= 0.6 is 0 Å². The second kappa shape index (κ2) is 6.17. The number of morpholine rings is 1. The van der Waals surface area contributed by atoms with Gasteiger partial charge >= 0.3 is 0 Å². The number of aldehydes is 1. The van der Waals surface area contributed by atoms with Crippen LogP contribution in [0, 0.1) is 0 Å². The van der Waals surface area contributed by atoms with Crippen LogP contribution in [0.1, 0.15) is 25.3 Å². The smallest absolute Gasteiger partial charge is 0.144 e. The number of nitrogens with zero attached hydrogens (tertiary/aromatic N) is 1. The molecule has 1 fully saturated rings. The van der Waals surface area contributed by atoms with E-state index in [0.717, 1.165) is 50.3 Å². The number of carbonyl (C=O) groups excluding carboxylic acids is 1. The SMILES string of the molecule is CCCC(N)(C=O)c1ccc(N2CCOCC2)cc1. The summed E-state index contributed by atoms with van der Waals surface area (Å²) in [5.74, 6) is 0. The van der Waals surface area contributed by atoms with Crippen molar-refractivity contribution >= 4 is 12.0 Å². The highest BCUT2D eigenvalue weighted by atomic mass is 16.5. The molecule has 1 saturated heterocycles. The number of hydrogen-bond acceptors (Lipinski definition) is 4. The van der Waals surface area contributed by atoms with Crippen molar-refractivity contribution < 1.29 is 9.53 Å². The van der Waals surface area contributed by atoms with Gasteiger partial charge in [-0.3, -0.25) is 0 Å². The lowest BCUT2D eigenvalue weighted by Crippen LogP contribution is -2.38. The minimum atomic E-state index is -0.849. The fourth-order valence-electron chi connectivity index (χ4n) is 2.49. The lowest BCUT2D eigenvalue weighted by Gasteiger charge is -2.30. The molecule has 19 heavy (non-hydrogen) atoms. The predicted molar refractivity (Wildman–Crippen MR) is 76.3 cm³/mol. The highest BCUT2D eigenvalue weighted by Crippen LogP contribution is 2.25. The van der Waals surface area contributed by atoms with Gasteiger partial charge in [0.2, 0.25) is 0 Å². The Kier molecular flexibility index (Phi) is 4.56. The molecule has 0 radical (unpaired) electrons. The van der Waals surface area contributed by atoms with Crippen LogP contribution in [-0.4, -0.2) is 32.6 Å². The van der Waals surface area contributed by atoms with E-state index in [4.69, 9.17) is 10.5 Å². The number of anilines is 1.